The fourth-order valence-corrected chi connectivity index (χ4v) is 14.3. The van der Waals surface area contributed by atoms with Crippen molar-refractivity contribution in [1.29, 1.82) is 0 Å². The predicted molar refractivity (Wildman–Crippen MR) is 202 cm³/mol. The molecule has 58 heavy (non-hydrogen) atoms. The summed E-state index contributed by atoms with van der Waals surface area (Å²) >= 11 is 0. The van der Waals surface area contributed by atoms with Crippen LogP contribution in [0.15, 0.2) is 0 Å². The first kappa shape index (κ1) is 44.9. The molecule has 7 aliphatic rings. The molecule has 10 N–H and O–H groups in total. The van der Waals surface area contributed by atoms with Crippen molar-refractivity contribution in [2.45, 2.75) is 197 Å². The second-order valence-electron chi connectivity index (χ2n) is 20.9. The minimum absolute atomic E-state index is 0.0428. The van der Waals surface area contributed by atoms with Crippen LogP contribution in [-0.4, -0.2) is 161 Å². The molecule has 1 unspecified atom stereocenters. The van der Waals surface area contributed by atoms with E-state index in [1.54, 1.807) is 13.8 Å². The molecule has 16 heteroatoms. The molecule has 0 amide bonds. The van der Waals surface area contributed by atoms with E-state index in [-0.39, 0.29) is 40.4 Å². The SMILES string of the molecule is CC1(C)O[C@](C(=O)O)([C@H]2CC[C@]3(C)C2CC[C@@H]2[C@@]4(C)CC[C@H](O[C@@H]5O[C@H](CO)[C@@H](O)[C@H](O)[C@H]5O[C@@H]5O[C@H](CO)[C@@H](O)[C@H](O)[C@H]5O)C(C)(C)[C@@H]4CC[C@]23C)C[C@H](O)[C@@H]1O. The van der Waals surface area contributed by atoms with Gasteiger partial charge in [0.2, 0.25) is 0 Å². The Hall–Kier alpha value is -1.09. The molecule has 0 radical (unpaired) electrons. The van der Waals surface area contributed by atoms with Crippen molar-refractivity contribution in [2.24, 2.45) is 45.3 Å². The highest BCUT2D eigenvalue weighted by atomic mass is 16.8. The Kier molecular flexibility index (Phi) is 11.9. The van der Waals surface area contributed by atoms with Crippen LogP contribution in [0.25, 0.3) is 0 Å². The number of ether oxygens (including phenoxy) is 5. The lowest BCUT2D eigenvalue weighted by Crippen LogP contribution is -2.68. The Morgan fingerprint density at radius 2 is 1.24 bits per heavy atom. The summed E-state index contributed by atoms with van der Waals surface area (Å²) in [7, 11) is 0. The summed E-state index contributed by atoms with van der Waals surface area (Å²) in [5.41, 5.74) is -3.77. The zero-order chi connectivity index (χ0) is 42.7. The van der Waals surface area contributed by atoms with E-state index in [0.29, 0.717) is 18.8 Å². The molecule has 0 aromatic rings. The highest BCUT2D eigenvalue weighted by Crippen LogP contribution is 2.76. The van der Waals surface area contributed by atoms with Gasteiger partial charge in [-0.2, -0.15) is 0 Å². The topological polar surface area (TPSA) is 266 Å². The van der Waals surface area contributed by atoms with Crippen molar-refractivity contribution in [3.8, 4) is 0 Å². The molecule has 3 heterocycles. The fraction of sp³-hybridized carbons (Fsp3) is 0.976. The van der Waals surface area contributed by atoms with Gasteiger partial charge in [0.25, 0.3) is 0 Å². The molecule has 21 atom stereocenters. The molecule has 3 saturated heterocycles. The summed E-state index contributed by atoms with van der Waals surface area (Å²) in [4.78, 5) is 13.3. The smallest absolute Gasteiger partial charge is 0.336 e. The minimum Gasteiger partial charge on any atom is -0.479 e. The molecule has 7 rings (SSSR count). The van der Waals surface area contributed by atoms with Crippen LogP contribution in [-0.2, 0) is 28.5 Å². The molecule has 7 fully saturated rings. The normalized spacial score (nSPS) is 55.2. The van der Waals surface area contributed by atoms with Crippen LogP contribution in [0, 0.1) is 45.3 Å². The minimum atomic E-state index is -1.77. The van der Waals surface area contributed by atoms with Crippen LogP contribution in [0.2, 0.25) is 0 Å². The van der Waals surface area contributed by atoms with E-state index in [4.69, 9.17) is 23.7 Å². The molecule has 334 valence electrons. The van der Waals surface area contributed by atoms with Crippen LogP contribution in [0.4, 0.5) is 0 Å². The van der Waals surface area contributed by atoms with E-state index in [9.17, 15) is 55.9 Å². The highest BCUT2D eigenvalue weighted by molar-refractivity contribution is 5.78. The lowest BCUT2D eigenvalue weighted by atomic mass is 9.35. The molecule has 16 nitrogen and oxygen atoms in total. The average molecular weight is 831 g/mol. The van der Waals surface area contributed by atoms with Gasteiger partial charge in [0.15, 0.2) is 18.2 Å². The second kappa shape index (κ2) is 15.3. The quantitative estimate of drug-likeness (QED) is 0.149. The Morgan fingerprint density at radius 3 is 1.84 bits per heavy atom. The van der Waals surface area contributed by atoms with Crippen molar-refractivity contribution in [1.82, 2.24) is 0 Å². The maximum absolute atomic E-state index is 13.3. The van der Waals surface area contributed by atoms with E-state index in [0.717, 1.165) is 38.5 Å². The van der Waals surface area contributed by atoms with E-state index >= 15 is 0 Å². The monoisotopic (exact) mass is 830 g/mol. The predicted octanol–water partition coefficient (Wildman–Crippen LogP) is 0.425. The molecular weight excluding hydrogens is 760 g/mol. The van der Waals surface area contributed by atoms with Gasteiger partial charge in [-0.1, -0.05) is 34.6 Å². The van der Waals surface area contributed by atoms with Crippen molar-refractivity contribution < 1.29 is 79.5 Å². The zero-order valence-electron chi connectivity index (χ0n) is 35.0. The molecular formula is C42H70O16. The standard InChI is InChI=1S/C42H70O16/c1-37(2)24-11-15-41(7)25(9-8-19-20(10-14-40(19,41)6)42(36(52)53)16-21(45)33(51)38(3,4)58-42)39(24,5)13-12-26(37)56-35-32(30(49)28(47)23(18-44)55-35)57-34-31(50)29(48)27(46)22(17-43)54-34/h19-35,43-51H,8-18H2,1-7H3,(H,52,53)/t19?,20-,21-,22+,23+,24-,25+,26-,27+,28+,29-,30-,31+,32+,33-,34-,35-,39-,40+,41+,42-/m0/s1. The van der Waals surface area contributed by atoms with E-state index < -0.39 is 116 Å². The number of fused-ring (bicyclic) bond motifs is 5. The third-order valence-electron chi connectivity index (χ3n) is 17.6. The maximum Gasteiger partial charge on any atom is 0.336 e. The van der Waals surface area contributed by atoms with Crippen molar-refractivity contribution in [3.05, 3.63) is 0 Å². The number of aliphatic hydroxyl groups is 9. The zero-order valence-corrected chi connectivity index (χ0v) is 35.0. The Balaban J connectivity index is 1.12. The van der Waals surface area contributed by atoms with Gasteiger partial charge < -0.3 is 74.7 Å². The molecule has 0 aromatic carbocycles. The van der Waals surface area contributed by atoms with Gasteiger partial charge in [-0.25, -0.2) is 4.79 Å². The summed E-state index contributed by atoms with van der Waals surface area (Å²) in [6.45, 7) is 13.5. The Bertz CT molecular complexity index is 1510. The first-order chi connectivity index (χ1) is 26.9. The summed E-state index contributed by atoms with van der Waals surface area (Å²) in [6, 6.07) is 0. The summed E-state index contributed by atoms with van der Waals surface area (Å²) < 4.78 is 30.8. The van der Waals surface area contributed by atoms with Gasteiger partial charge in [0.1, 0.15) is 54.9 Å². The molecule has 4 aliphatic carbocycles. The summed E-state index contributed by atoms with van der Waals surface area (Å²) in [6.07, 6.45) is -11.9. The molecule has 0 bridgehead atoms. The van der Waals surface area contributed by atoms with Gasteiger partial charge in [0.05, 0.1) is 31.0 Å². The van der Waals surface area contributed by atoms with Crippen molar-refractivity contribution in [2.75, 3.05) is 13.2 Å². The lowest BCUT2D eigenvalue weighted by molar-refractivity contribution is -0.378. The van der Waals surface area contributed by atoms with Crippen LogP contribution in [0.3, 0.4) is 0 Å². The van der Waals surface area contributed by atoms with Crippen LogP contribution < -0.4 is 0 Å². The number of carbonyl (C=O) groups is 1. The number of aliphatic hydroxyl groups excluding tert-OH is 9. The fourth-order valence-electron chi connectivity index (χ4n) is 14.3. The molecule has 3 aliphatic heterocycles. The third kappa shape index (κ3) is 6.57. The Morgan fingerprint density at radius 1 is 0.638 bits per heavy atom. The number of rotatable bonds is 8. The Labute approximate surface area is 340 Å². The van der Waals surface area contributed by atoms with Crippen LogP contribution in [0.1, 0.15) is 106 Å². The first-order valence-electron chi connectivity index (χ1n) is 21.5. The van der Waals surface area contributed by atoms with Gasteiger partial charge in [-0.05, 0) is 105 Å². The van der Waals surface area contributed by atoms with E-state index in [1.165, 1.54) is 0 Å². The van der Waals surface area contributed by atoms with Gasteiger partial charge in [-0.15, -0.1) is 0 Å². The molecule has 4 saturated carbocycles. The largest absolute Gasteiger partial charge is 0.479 e. The number of aliphatic carboxylic acids is 1. The molecule has 0 spiro atoms. The van der Waals surface area contributed by atoms with Crippen LogP contribution >= 0.6 is 0 Å². The molecule has 0 aromatic heterocycles. The van der Waals surface area contributed by atoms with E-state index in [1.807, 2.05) is 0 Å². The van der Waals surface area contributed by atoms with E-state index in [2.05, 4.69) is 34.6 Å². The number of carboxylic acid groups (broad SMARTS) is 1. The second-order valence-corrected chi connectivity index (χ2v) is 20.9. The average Bonchev–Trinajstić information content (AvgIpc) is 3.52. The van der Waals surface area contributed by atoms with Gasteiger partial charge in [-0.3, -0.25) is 0 Å². The maximum atomic E-state index is 13.3. The van der Waals surface area contributed by atoms with Gasteiger partial charge in [0, 0.05) is 12.3 Å². The first-order valence-corrected chi connectivity index (χ1v) is 21.5. The van der Waals surface area contributed by atoms with Crippen molar-refractivity contribution >= 4 is 5.97 Å². The summed E-state index contributed by atoms with van der Waals surface area (Å²) in [5, 5.41) is 106. The van der Waals surface area contributed by atoms with Gasteiger partial charge >= 0.3 is 5.97 Å². The summed E-state index contributed by atoms with van der Waals surface area (Å²) in [5.74, 6) is -0.887. The number of hydrogen-bond donors (Lipinski definition) is 10. The third-order valence-corrected chi connectivity index (χ3v) is 17.6. The number of carboxylic acids is 1. The van der Waals surface area contributed by atoms with Crippen molar-refractivity contribution in [3.63, 3.8) is 0 Å². The lowest BCUT2D eigenvalue weighted by Gasteiger charge is -2.70. The van der Waals surface area contributed by atoms with Crippen LogP contribution in [0.5, 0.6) is 0 Å². The highest BCUT2D eigenvalue weighted by Gasteiger charge is 2.72. The number of hydrogen-bond acceptors (Lipinski definition) is 15.